The lowest BCUT2D eigenvalue weighted by atomic mass is 10.0. The molecule has 0 aliphatic heterocycles. The van der Waals surface area contributed by atoms with Crippen LogP contribution >= 0.6 is 0 Å². The highest BCUT2D eigenvalue weighted by molar-refractivity contribution is 6.11. The van der Waals surface area contributed by atoms with Crippen molar-refractivity contribution in [3.8, 4) is 23.7 Å². The maximum Gasteiger partial charge on any atom is 0.259 e. The molecule has 0 aliphatic carbocycles. The summed E-state index contributed by atoms with van der Waals surface area (Å²) in [5, 5.41) is 42.5. The van der Waals surface area contributed by atoms with E-state index in [4.69, 9.17) is 0 Å². The number of aromatic hydroxyl groups is 1. The third kappa shape index (κ3) is 4.34. The first-order chi connectivity index (χ1) is 18.1. The van der Waals surface area contributed by atoms with Crippen LogP contribution in [0.15, 0.2) is 95.3 Å². The van der Waals surface area contributed by atoms with Gasteiger partial charge in [-0.1, -0.05) is 48.5 Å². The number of rotatable bonds is 5. The van der Waals surface area contributed by atoms with Crippen molar-refractivity contribution < 1.29 is 9.90 Å². The number of azo groups is 1. The first-order valence-electron chi connectivity index (χ1n) is 11.0. The summed E-state index contributed by atoms with van der Waals surface area (Å²) in [7, 11) is 0. The van der Waals surface area contributed by atoms with Crippen LogP contribution in [0.25, 0.3) is 16.6 Å². The molecule has 10 heteroatoms. The van der Waals surface area contributed by atoms with Gasteiger partial charge in [-0.25, -0.2) is 9.55 Å². The summed E-state index contributed by atoms with van der Waals surface area (Å²) in [6, 6.07) is 26.4. The summed E-state index contributed by atoms with van der Waals surface area (Å²) in [5.74, 6) is -0.686. The number of nitriles is 2. The number of phenolic OH excluding ortho intramolecular Hbond substituents is 1. The van der Waals surface area contributed by atoms with E-state index in [1.54, 1.807) is 72.8 Å². The molecule has 37 heavy (non-hydrogen) atoms. The molecule has 5 aromatic rings. The van der Waals surface area contributed by atoms with E-state index in [0.717, 1.165) is 0 Å². The molecule has 0 spiro atoms. The number of carbonyl (C=O) groups excluding carboxylic acids is 1. The number of pyridine rings is 1. The SMILES string of the molecule is N#Cc1nc(/N=N/c2c(O)c(C(=O)Nc3ccccc3)cc3ccccc23)n(-c2ccccn2)c1C#N. The number of benzene rings is 3. The lowest BCUT2D eigenvalue weighted by Gasteiger charge is -2.11. The molecule has 0 aliphatic rings. The molecular weight excluding hydrogens is 468 g/mol. The van der Waals surface area contributed by atoms with Gasteiger partial charge >= 0.3 is 0 Å². The number of aromatic nitrogens is 3. The molecule has 5 rings (SSSR count). The van der Waals surface area contributed by atoms with E-state index in [9.17, 15) is 20.4 Å². The Labute approximate surface area is 210 Å². The average molecular weight is 484 g/mol. The van der Waals surface area contributed by atoms with Gasteiger partial charge in [0.15, 0.2) is 17.1 Å². The Bertz CT molecular complexity index is 1750. The van der Waals surface area contributed by atoms with Crippen molar-refractivity contribution in [1.82, 2.24) is 14.5 Å². The molecule has 0 radical (unpaired) electrons. The third-order valence-electron chi connectivity index (χ3n) is 5.46. The van der Waals surface area contributed by atoms with Crippen LogP contribution in [0.5, 0.6) is 5.75 Å². The predicted octanol–water partition coefficient (Wildman–Crippen LogP) is 5.54. The Morgan fingerprint density at radius 1 is 0.946 bits per heavy atom. The van der Waals surface area contributed by atoms with Gasteiger partial charge in [-0.15, -0.1) is 10.2 Å². The minimum Gasteiger partial charge on any atom is -0.505 e. The number of fused-ring (bicyclic) bond motifs is 1. The van der Waals surface area contributed by atoms with E-state index >= 15 is 0 Å². The van der Waals surface area contributed by atoms with Gasteiger partial charge in [-0.05, 0) is 35.7 Å². The molecule has 0 unspecified atom stereocenters. The first kappa shape index (κ1) is 22.9. The summed E-state index contributed by atoms with van der Waals surface area (Å²) < 4.78 is 1.30. The highest BCUT2D eigenvalue weighted by atomic mass is 16.3. The van der Waals surface area contributed by atoms with Gasteiger partial charge in [0.25, 0.3) is 11.9 Å². The monoisotopic (exact) mass is 484 g/mol. The molecule has 0 saturated carbocycles. The maximum atomic E-state index is 13.0. The third-order valence-corrected chi connectivity index (χ3v) is 5.46. The number of hydrogen-bond acceptors (Lipinski definition) is 8. The number of hydrogen-bond donors (Lipinski definition) is 2. The Balaban J connectivity index is 1.64. The standard InChI is InChI=1S/C27H16N8O2/c28-15-21-22(16-29)35(23-12-6-7-13-30-23)27(32-21)34-33-24-19-11-5-4-8-17(19)14-20(25(24)36)26(37)31-18-9-2-1-3-10-18/h1-14,36H,(H,31,37)/b34-33+. The number of imidazole rings is 1. The number of nitrogens with one attached hydrogen (secondary N) is 1. The molecule has 3 aromatic carbocycles. The molecule has 2 N–H and O–H groups in total. The zero-order valence-corrected chi connectivity index (χ0v) is 19.1. The summed E-state index contributed by atoms with van der Waals surface area (Å²) in [5.41, 5.74) is 0.393. The minimum atomic E-state index is -0.528. The van der Waals surface area contributed by atoms with E-state index in [1.807, 2.05) is 18.2 Å². The van der Waals surface area contributed by atoms with Crippen molar-refractivity contribution in [1.29, 1.82) is 10.5 Å². The predicted molar refractivity (Wildman–Crippen MR) is 135 cm³/mol. The van der Waals surface area contributed by atoms with Crippen molar-refractivity contribution >= 4 is 34.0 Å². The number of carbonyl (C=O) groups is 1. The highest BCUT2D eigenvalue weighted by Crippen LogP contribution is 2.39. The zero-order valence-electron chi connectivity index (χ0n) is 19.1. The van der Waals surface area contributed by atoms with Crippen LogP contribution in [0.1, 0.15) is 21.7 Å². The van der Waals surface area contributed by atoms with Crippen LogP contribution in [0.2, 0.25) is 0 Å². The fraction of sp³-hybridized carbons (Fsp3) is 0. The van der Waals surface area contributed by atoms with Crippen molar-refractivity contribution in [2.75, 3.05) is 5.32 Å². The van der Waals surface area contributed by atoms with Gasteiger partial charge in [-0.2, -0.15) is 15.5 Å². The summed E-state index contributed by atoms with van der Waals surface area (Å²) in [6.45, 7) is 0. The van der Waals surface area contributed by atoms with Crippen LogP contribution in [-0.2, 0) is 0 Å². The molecule has 0 saturated heterocycles. The second-order valence-corrected chi connectivity index (χ2v) is 7.72. The van der Waals surface area contributed by atoms with Crippen LogP contribution < -0.4 is 5.32 Å². The minimum absolute atomic E-state index is 0.00000119. The molecule has 0 atom stereocenters. The Kier molecular flexibility index (Phi) is 6.05. The van der Waals surface area contributed by atoms with Crippen LogP contribution in [-0.4, -0.2) is 25.5 Å². The van der Waals surface area contributed by atoms with Crippen LogP contribution in [0, 0.1) is 22.7 Å². The molecule has 0 bridgehead atoms. The van der Waals surface area contributed by atoms with E-state index < -0.39 is 5.91 Å². The molecule has 176 valence electrons. The van der Waals surface area contributed by atoms with Crippen molar-refractivity contribution in [3.05, 3.63) is 102 Å². The van der Waals surface area contributed by atoms with Gasteiger partial charge in [-0.3, -0.25) is 4.79 Å². The maximum absolute atomic E-state index is 13.0. The topological polar surface area (TPSA) is 152 Å². The first-order valence-corrected chi connectivity index (χ1v) is 11.0. The number of amides is 1. The number of para-hydroxylation sites is 1. The second-order valence-electron chi connectivity index (χ2n) is 7.72. The summed E-state index contributed by atoms with van der Waals surface area (Å²) in [4.78, 5) is 21.4. The molecule has 2 aromatic heterocycles. The Morgan fingerprint density at radius 2 is 1.70 bits per heavy atom. The number of nitrogens with zero attached hydrogens (tertiary/aromatic N) is 7. The number of anilines is 1. The fourth-order valence-electron chi connectivity index (χ4n) is 3.77. The Morgan fingerprint density at radius 3 is 2.43 bits per heavy atom. The van der Waals surface area contributed by atoms with Gasteiger partial charge in [0.2, 0.25) is 0 Å². The lowest BCUT2D eigenvalue weighted by Crippen LogP contribution is -2.12. The van der Waals surface area contributed by atoms with E-state index in [0.29, 0.717) is 22.3 Å². The normalized spacial score (nSPS) is 10.8. The summed E-state index contributed by atoms with van der Waals surface area (Å²) >= 11 is 0. The van der Waals surface area contributed by atoms with Crippen molar-refractivity contribution in [2.45, 2.75) is 0 Å². The largest absolute Gasteiger partial charge is 0.505 e. The second kappa shape index (κ2) is 9.78. The highest BCUT2D eigenvalue weighted by Gasteiger charge is 2.21. The smallest absolute Gasteiger partial charge is 0.259 e. The number of phenols is 1. The molecule has 0 fully saturated rings. The van der Waals surface area contributed by atoms with Gasteiger partial charge in [0, 0.05) is 17.3 Å². The lowest BCUT2D eigenvalue weighted by molar-refractivity contribution is 0.102. The average Bonchev–Trinajstić information content (AvgIpc) is 3.31. The molecule has 10 nitrogen and oxygen atoms in total. The molecule has 1 amide bonds. The van der Waals surface area contributed by atoms with E-state index in [2.05, 4.69) is 25.5 Å². The van der Waals surface area contributed by atoms with Crippen LogP contribution in [0.4, 0.5) is 17.3 Å². The quantitative estimate of drug-likeness (QED) is 0.313. The van der Waals surface area contributed by atoms with Gasteiger partial charge in [0.05, 0.1) is 5.56 Å². The Hall–Kier alpha value is -5.87. The fourth-order valence-corrected chi connectivity index (χ4v) is 3.77. The van der Waals surface area contributed by atoms with Crippen molar-refractivity contribution in [2.24, 2.45) is 10.2 Å². The van der Waals surface area contributed by atoms with Crippen molar-refractivity contribution in [3.63, 3.8) is 0 Å². The zero-order chi connectivity index (χ0) is 25.8. The van der Waals surface area contributed by atoms with Gasteiger partial charge < -0.3 is 10.4 Å². The van der Waals surface area contributed by atoms with E-state index in [-0.39, 0.29) is 34.3 Å². The summed E-state index contributed by atoms with van der Waals surface area (Å²) in [6.07, 6.45) is 1.53. The van der Waals surface area contributed by atoms with Gasteiger partial charge in [0.1, 0.15) is 23.6 Å². The molecular formula is C27H16N8O2. The van der Waals surface area contributed by atoms with Crippen LogP contribution in [0.3, 0.4) is 0 Å². The van der Waals surface area contributed by atoms with E-state index in [1.165, 1.54) is 10.8 Å². The molecule has 2 heterocycles.